The van der Waals surface area contributed by atoms with Gasteiger partial charge in [0.2, 0.25) is 0 Å². The van der Waals surface area contributed by atoms with Gasteiger partial charge in [-0.2, -0.15) is 0 Å². The van der Waals surface area contributed by atoms with Crippen LogP contribution in [0.2, 0.25) is 0 Å². The van der Waals surface area contributed by atoms with Crippen LogP contribution in [-0.2, 0) is 0 Å². The van der Waals surface area contributed by atoms with E-state index in [1.165, 1.54) is 135 Å². The van der Waals surface area contributed by atoms with Gasteiger partial charge in [-0.25, -0.2) is 0 Å². The molecule has 0 radical (unpaired) electrons. The maximum atomic E-state index is 3.40. The molecule has 0 saturated heterocycles. The van der Waals surface area contributed by atoms with E-state index >= 15 is 0 Å². The number of hydrogen-bond donors (Lipinski definition) is 0. The van der Waals surface area contributed by atoms with Crippen LogP contribution in [0.15, 0.2) is 0 Å². The van der Waals surface area contributed by atoms with Crippen LogP contribution in [0.5, 0.6) is 0 Å². The molecule has 0 aromatic heterocycles. The summed E-state index contributed by atoms with van der Waals surface area (Å²) in [6.45, 7) is 7.01. The van der Waals surface area contributed by atoms with Crippen molar-refractivity contribution in [2.75, 3.05) is 0 Å². The molecule has 0 N–H and O–H groups in total. The molecule has 0 aliphatic carbocycles. The smallest absolute Gasteiger partial charge is 0.00886 e. The molecule has 0 rings (SSSR count). The van der Waals surface area contributed by atoms with E-state index in [4.69, 9.17) is 0 Å². The summed E-state index contributed by atoms with van der Waals surface area (Å²) in [5.41, 5.74) is 0. The first-order valence-corrected chi connectivity index (χ1v) is 13.8. The molecule has 0 nitrogen and oxygen atoms in total. The van der Waals surface area contributed by atoms with Gasteiger partial charge in [-0.05, 0) is 18.8 Å². The van der Waals surface area contributed by atoms with Crippen LogP contribution in [0.4, 0.5) is 0 Å². The average molecular weight is 405 g/mol. The molecule has 0 spiro atoms. The molecule has 0 amide bonds. The zero-order chi connectivity index (χ0) is 21.3. The van der Waals surface area contributed by atoms with Gasteiger partial charge in [0.15, 0.2) is 0 Å². The number of unbranched alkanes of at least 4 members (excludes halogenated alkanes) is 18. The fourth-order valence-corrected chi connectivity index (χ4v) is 4.28. The Hall–Kier alpha value is -0.440. The van der Waals surface area contributed by atoms with Crippen molar-refractivity contribution in [1.82, 2.24) is 0 Å². The minimum absolute atomic E-state index is 0.935. The van der Waals surface area contributed by atoms with E-state index in [9.17, 15) is 0 Å². The van der Waals surface area contributed by atoms with Gasteiger partial charge in [0.05, 0.1) is 0 Å². The second-order valence-corrected chi connectivity index (χ2v) is 9.55. The molecule has 0 fully saturated rings. The van der Waals surface area contributed by atoms with Crippen molar-refractivity contribution in [3.05, 3.63) is 0 Å². The third-order valence-electron chi connectivity index (χ3n) is 6.31. The molecule has 0 saturated carbocycles. The standard InChI is InChI=1S/C29H56/c1-4-6-7-8-9-10-11-12-13-14-15-16-17-18-19-20-21-22-23-24-25-26-28-29(3)27-5-2/h29H,4-19,22-28H2,1-3H3. The Labute approximate surface area is 186 Å². The van der Waals surface area contributed by atoms with E-state index in [1.807, 2.05) is 0 Å². The Bertz CT molecular complexity index is 345. The van der Waals surface area contributed by atoms with Crippen LogP contribution >= 0.6 is 0 Å². The average Bonchev–Trinajstić information content (AvgIpc) is 2.72. The first-order chi connectivity index (χ1) is 14.3. The topological polar surface area (TPSA) is 0 Å². The Morgan fingerprint density at radius 2 is 0.793 bits per heavy atom. The highest BCUT2D eigenvalue weighted by atomic mass is 14.1. The molecule has 1 unspecified atom stereocenters. The van der Waals surface area contributed by atoms with Crippen LogP contribution in [0.1, 0.15) is 168 Å². The largest absolute Gasteiger partial charge is 0.103 e. The molecule has 0 aliphatic heterocycles. The van der Waals surface area contributed by atoms with Crippen molar-refractivity contribution >= 4 is 0 Å². The van der Waals surface area contributed by atoms with Crippen LogP contribution < -0.4 is 0 Å². The zero-order valence-corrected chi connectivity index (χ0v) is 20.8. The molecule has 0 heteroatoms. The van der Waals surface area contributed by atoms with Gasteiger partial charge >= 0.3 is 0 Å². The summed E-state index contributed by atoms with van der Waals surface area (Å²) in [5.74, 6) is 7.74. The van der Waals surface area contributed by atoms with Gasteiger partial charge in [-0.1, -0.05) is 143 Å². The Kier molecular flexibility index (Phi) is 25.2. The van der Waals surface area contributed by atoms with E-state index in [0.29, 0.717) is 0 Å². The lowest BCUT2D eigenvalue weighted by Crippen LogP contribution is -1.93. The van der Waals surface area contributed by atoms with Crippen LogP contribution in [0, 0.1) is 17.8 Å². The van der Waals surface area contributed by atoms with E-state index in [1.54, 1.807) is 0 Å². The maximum Gasteiger partial charge on any atom is 0.00886 e. The van der Waals surface area contributed by atoms with Gasteiger partial charge in [-0.3, -0.25) is 0 Å². The third-order valence-corrected chi connectivity index (χ3v) is 6.31. The highest BCUT2D eigenvalue weighted by Crippen LogP contribution is 2.15. The van der Waals surface area contributed by atoms with E-state index in [0.717, 1.165) is 18.8 Å². The molecule has 29 heavy (non-hydrogen) atoms. The quantitative estimate of drug-likeness (QED) is 0.124. The first kappa shape index (κ1) is 28.6. The van der Waals surface area contributed by atoms with Crippen molar-refractivity contribution < 1.29 is 0 Å². The monoisotopic (exact) mass is 404 g/mol. The summed E-state index contributed by atoms with van der Waals surface area (Å²) in [4.78, 5) is 0. The van der Waals surface area contributed by atoms with Gasteiger partial charge in [0.1, 0.15) is 0 Å². The van der Waals surface area contributed by atoms with Gasteiger partial charge < -0.3 is 0 Å². The molecule has 1 atom stereocenters. The predicted octanol–water partition coefficient (Wildman–Crippen LogP) is 10.6. The van der Waals surface area contributed by atoms with Crippen LogP contribution in [-0.4, -0.2) is 0 Å². The lowest BCUT2D eigenvalue weighted by Gasteiger charge is -2.08. The van der Waals surface area contributed by atoms with Crippen molar-refractivity contribution in [2.45, 2.75) is 168 Å². The fraction of sp³-hybridized carbons (Fsp3) is 0.931. The molecular formula is C29H56. The lowest BCUT2D eigenvalue weighted by molar-refractivity contribution is 0.454. The van der Waals surface area contributed by atoms with Crippen LogP contribution in [0.25, 0.3) is 0 Å². The van der Waals surface area contributed by atoms with Crippen molar-refractivity contribution in [1.29, 1.82) is 0 Å². The van der Waals surface area contributed by atoms with Gasteiger partial charge in [0.25, 0.3) is 0 Å². The second kappa shape index (κ2) is 25.6. The van der Waals surface area contributed by atoms with E-state index < -0.39 is 0 Å². The molecule has 0 aliphatic rings. The molecule has 0 aromatic rings. The Morgan fingerprint density at radius 3 is 1.21 bits per heavy atom. The molecule has 172 valence electrons. The zero-order valence-electron chi connectivity index (χ0n) is 20.8. The Balaban J connectivity index is 3.13. The number of hydrogen-bond acceptors (Lipinski definition) is 0. The molecular weight excluding hydrogens is 348 g/mol. The molecule has 0 aromatic carbocycles. The minimum Gasteiger partial charge on any atom is -0.103 e. The van der Waals surface area contributed by atoms with E-state index in [-0.39, 0.29) is 0 Å². The highest BCUT2D eigenvalue weighted by molar-refractivity contribution is 4.98. The Morgan fingerprint density at radius 1 is 0.414 bits per heavy atom. The van der Waals surface area contributed by atoms with Crippen molar-refractivity contribution in [3.63, 3.8) is 0 Å². The predicted molar refractivity (Wildman–Crippen MR) is 134 cm³/mol. The summed E-state index contributed by atoms with van der Waals surface area (Å²) < 4.78 is 0. The highest BCUT2D eigenvalue weighted by Gasteiger charge is 1.99. The summed E-state index contributed by atoms with van der Waals surface area (Å²) in [6.07, 6.45) is 32.1. The van der Waals surface area contributed by atoms with Gasteiger partial charge in [0, 0.05) is 12.8 Å². The van der Waals surface area contributed by atoms with Gasteiger partial charge in [-0.15, -0.1) is 11.8 Å². The van der Waals surface area contributed by atoms with Crippen molar-refractivity contribution in [3.8, 4) is 11.8 Å². The number of rotatable bonds is 22. The summed E-state index contributed by atoms with van der Waals surface area (Å²) >= 11 is 0. The third kappa shape index (κ3) is 25.5. The fourth-order valence-electron chi connectivity index (χ4n) is 4.28. The summed E-state index contributed by atoms with van der Waals surface area (Å²) in [6, 6.07) is 0. The summed E-state index contributed by atoms with van der Waals surface area (Å²) in [7, 11) is 0. The van der Waals surface area contributed by atoms with E-state index in [2.05, 4.69) is 32.6 Å². The SMILES string of the molecule is CCCCCCCCCCCCCCCCC#CCCCCCCC(C)CCC. The van der Waals surface area contributed by atoms with Crippen LogP contribution in [0.3, 0.4) is 0 Å². The first-order valence-electron chi connectivity index (χ1n) is 13.8. The van der Waals surface area contributed by atoms with Crippen molar-refractivity contribution in [2.24, 2.45) is 5.92 Å². The summed E-state index contributed by atoms with van der Waals surface area (Å²) in [5, 5.41) is 0. The minimum atomic E-state index is 0.935. The maximum absolute atomic E-state index is 3.40. The normalized spacial score (nSPS) is 12.0. The molecule has 0 heterocycles. The lowest BCUT2D eigenvalue weighted by atomic mass is 9.98. The molecule has 0 bridgehead atoms. The second-order valence-electron chi connectivity index (χ2n) is 9.55.